The van der Waals surface area contributed by atoms with Crippen LogP contribution in [0.25, 0.3) is 0 Å². The van der Waals surface area contributed by atoms with Crippen LogP contribution >= 0.6 is 0 Å². The Balaban J connectivity index is 1.96. The molecule has 0 unspecified atom stereocenters. The molecule has 5 heteroatoms. The van der Waals surface area contributed by atoms with Crippen molar-refractivity contribution in [3.8, 4) is 0 Å². The van der Waals surface area contributed by atoms with Gasteiger partial charge in [-0.2, -0.15) is 0 Å². The van der Waals surface area contributed by atoms with Crippen LogP contribution in [-0.4, -0.2) is 52.7 Å². The van der Waals surface area contributed by atoms with Crippen LogP contribution in [0.1, 0.15) is 52.3 Å². The summed E-state index contributed by atoms with van der Waals surface area (Å²) in [5.74, 6) is 0. The van der Waals surface area contributed by atoms with Crippen molar-refractivity contribution < 1.29 is 9.53 Å². The van der Waals surface area contributed by atoms with Crippen molar-refractivity contribution in [1.82, 2.24) is 14.8 Å². The minimum absolute atomic E-state index is 0.195. The molecule has 1 aliphatic heterocycles. The molecule has 1 fully saturated rings. The lowest BCUT2D eigenvalue weighted by Gasteiger charge is -2.33. The average Bonchev–Trinajstić information content (AvgIpc) is 2.94. The summed E-state index contributed by atoms with van der Waals surface area (Å²) >= 11 is 0. The number of ether oxygens (including phenoxy) is 1. The zero-order chi connectivity index (χ0) is 17.0. The minimum Gasteiger partial charge on any atom is -0.444 e. The number of aromatic nitrogens is 1. The van der Waals surface area contributed by atoms with Crippen molar-refractivity contribution >= 4 is 6.09 Å². The van der Waals surface area contributed by atoms with E-state index in [0.29, 0.717) is 0 Å². The van der Waals surface area contributed by atoms with E-state index in [9.17, 15) is 4.79 Å². The first-order chi connectivity index (χ1) is 10.8. The molecule has 0 radical (unpaired) electrons. The Morgan fingerprint density at radius 3 is 2.83 bits per heavy atom. The molecule has 0 N–H and O–H groups in total. The molecular formula is C18H29N3O2. The van der Waals surface area contributed by atoms with Gasteiger partial charge in [-0.15, -0.1) is 0 Å². The summed E-state index contributed by atoms with van der Waals surface area (Å²) in [6.07, 6.45) is 3.69. The van der Waals surface area contributed by atoms with Gasteiger partial charge in [-0.25, -0.2) is 4.79 Å². The van der Waals surface area contributed by atoms with E-state index in [1.54, 1.807) is 0 Å². The van der Waals surface area contributed by atoms with Gasteiger partial charge in [0.25, 0.3) is 0 Å². The maximum atomic E-state index is 12.4. The number of pyridine rings is 1. The maximum Gasteiger partial charge on any atom is 0.410 e. The van der Waals surface area contributed by atoms with Gasteiger partial charge in [-0.3, -0.25) is 9.88 Å². The Kier molecular flexibility index (Phi) is 5.63. The van der Waals surface area contributed by atoms with E-state index in [1.807, 2.05) is 50.1 Å². The highest BCUT2D eigenvalue weighted by molar-refractivity contribution is 5.69. The molecule has 128 valence electrons. The molecule has 0 bridgehead atoms. The maximum absolute atomic E-state index is 12.4. The number of carbonyl (C=O) groups excluding carboxylic acids is 1. The molecule has 2 atom stereocenters. The number of rotatable bonds is 4. The van der Waals surface area contributed by atoms with Crippen LogP contribution in [0.4, 0.5) is 4.79 Å². The van der Waals surface area contributed by atoms with Gasteiger partial charge in [0, 0.05) is 31.4 Å². The summed E-state index contributed by atoms with van der Waals surface area (Å²) < 4.78 is 5.53. The first kappa shape index (κ1) is 17.7. The Hall–Kier alpha value is -1.62. The smallest absolute Gasteiger partial charge is 0.410 e. The monoisotopic (exact) mass is 319 g/mol. The molecule has 0 spiro atoms. The highest BCUT2D eigenvalue weighted by Gasteiger charge is 2.33. The van der Waals surface area contributed by atoms with Gasteiger partial charge in [-0.1, -0.05) is 6.07 Å². The molecule has 0 saturated carbocycles. The van der Waals surface area contributed by atoms with Crippen molar-refractivity contribution in [3.05, 3.63) is 30.1 Å². The Labute approximate surface area is 139 Å². The quantitative estimate of drug-likeness (QED) is 0.852. The molecule has 1 amide bonds. The van der Waals surface area contributed by atoms with E-state index in [2.05, 4.69) is 23.9 Å². The number of hydrogen-bond acceptors (Lipinski definition) is 4. The van der Waals surface area contributed by atoms with Crippen LogP contribution in [0, 0.1) is 0 Å². The molecule has 5 nitrogen and oxygen atoms in total. The molecule has 23 heavy (non-hydrogen) atoms. The molecule has 0 aromatic carbocycles. The van der Waals surface area contributed by atoms with Crippen molar-refractivity contribution in [2.24, 2.45) is 0 Å². The van der Waals surface area contributed by atoms with Crippen molar-refractivity contribution in [1.29, 1.82) is 0 Å². The van der Waals surface area contributed by atoms with Crippen LogP contribution in [0.15, 0.2) is 24.4 Å². The lowest BCUT2D eigenvalue weighted by Crippen LogP contribution is -2.44. The third-order valence-electron chi connectivity index (χ3n) is 4.28. The Morgan fingerprint density at radius 2 is 2.22 bits per heavy atom. The fraction of sp³-hybridized carbons (Fsp3) is 0.667. The summed E-state index contributed by atoms with van der Waals surface area (Å²) in [6, 6.07) is 6.41. The van der Waals surface area contributed by atoms with E-state index in [4.69, 9.17) is 4.74 Å². The van der Waals surface area contributed by atoms with Gasteiger partial charge in [0.05, 0.1) is 5.69 Å². The normalized spacial score (nSPS) is 19.9. The molecule has 2 rings (SSSR count). The number of likely N-dealkylation sites (tertiary alicyclic amines) is 1. The molecule has 1 aromatic heterocycles. The first-order valence-electron chi connectivity index (χ1n) is 8.39. The second kappa shape index (κ2) is 7.30. The highest BCUT2D eigenvalue weighted by Crippen LogP contribution is 2.24. The fourth-order valence-electron chi connectivity index (χ4n) is 2.93. The van der Waals surface area contributed by atoms with Gasteiger partial charge in [0.2, 0.25) is 0 Å². The van der Waals surface area contributed by atoms with Crippen molar-refractivity contribution in [2.45, 2.75) is 58.2 Å². The zero-order valence-corrected chi connectivity index (χ0v) is 15.0. The predicted octanol–water partition coefficient (Wildman–Crippen LogP) is 3.47. The van der Waals surface area contributed by atoms with Gasteiger partial charge >= 0.3 is 6.09 Å². The average molecular weight is 319 g/mol. The summed E-state index contributed by atoms with van der Waals surface area (Å²) in [6.45, 7) is 9.49. The first-order valence-corrected chi connectivity index (χ1v) is 8.39. The number of carbonyl (C=O) groups is 1. The number of amides is 1. The number of likely N-dealkylation sites (N-methyl/N-ethyl adjacent to an activating group) is 1. The molecule has 1 saturated heterocycles. The second-order valence-corrected chi connectivity index (χ2v) is 7.34. The SMILES string of the molecule is C[C@H](c1ccccn1)N(C)C[C@@H]1CCCN1C(=O)OC(C)(C)C. The van der Waals surface area contributed by atoms with Gasteiger partial charge in [-0.05, 0) is 59.7 Å². The van der Waals surface area contributed by atoms with E-state index in [-0.39, 0.29) is 18.2 Å². The lowest BCUT2D eigenvalue weighted by atomic mass is 10.1. The molecular weight excluding hydrogens is 290 g/mol. The van der Waals surface area contributed by atoms with Crippen LogP contribution in [-0.2, 0) is 4.74 Å². The Morgan fingerprint density at radius 1 is 1.48 bits per heavy atom. The van der Waals surface area contributed by atoms with Gasteiger partial charge in [0.1, 0.15) is 5.60 Å². The summed E-state index contributed by atoms with van der Waals surface area (Å²) in [7, 11) is 2.09. The van der Waals surface area contributed by atoms with E-state index < -0.39 is 5.60 Å². The molecule has 1 aromatic rings. The Bertz CT molecular complexity index is 513. The minimum atomic E-state index is -0.447. The largest absolute Gasteiger partial charge is 0.444 e. The van der Waals surface area contributed by atoms with Crippen LogP contribution in [0.3, 0.4) is 0 Å². The zero-order valence-electron chi connectivity index (χ0n) is 15.0. The summed E-state index contributed by atoms with van der Waals surface area (Å²) in [5.41, 5.74) is 0.606. The van der Waals surface area contributed by atoms with Gasteiger partial charge < -0.3 is 9.64 Å². The third-order valence-corrected chi connectivity index (χ3v) is 4.28. The summed E-state index contributed by atoms with van der Waals surface area (Å²) in [5, 5.41) is 0. The van der Waals surface area contributed by atoms with Crippen LogP contribution < -0.4 is 0 Å². The van der Waals surface area contributed by atoms with E-state index in [1.165, 1.54) is 0 Å². The van der Waals surface area contributed by atoms with Crippen molar-refractivity contribution in [3.63, 3.8) is 0 Å². The molecule has 1 aliphatic rings. The second-order valence-electron chi connectivity index (χ2n) is 7.34. The third kappa shape index (κ3) is 4.93. The van der Waals surface area contributed by atoms with E-state index in [0.717, 1.165) is 31.6 Å². The molecule has 2 heterocycles. The number of nitrogens with zero attached hydrogens (tertiary/aromatic N) is 3. The summed E-state index contributed by atoms with van der Waals surface area (Å²) in [4.78, 5) is 20.9. The van der Waals surface area contributed by atoms with Crippen molar-refractivity contribution in [2.75, 3.05) is 20.1 Å². The highest BCUT2D eigenvalue weighted by atomic mass is 16.6. The van der Waals surface area contributed by atoms with Gasteiger partial charge in [0.15, 0.2) is 0 Å². The number of hydrogen-bond donors (Lipinski definition) is 0. The lowest BCUT2D eigenvalue weighted by molar-refractivity contribution is 0.0193. The van der Waals surface area contributed by atoms with Crippen LogP contribution in [0.2, 0.25) is 0 Å². The standard InChI is InChI=1S/C18H29N3O2/c1-14(16-10-6-7-11-19-16)20(5)13-15-9-8-12-21(15)17(22)23-18(2,3)4/h6-7,10-11,14-15H,8-9,12-13H2,1-5H3/t14-,15+/m1/s1. The fourth-order valence-corrected chi connectivity index (χ4v) is 2.93. The van der Waals surface area contributed by atoms with Crippen LogP contribution in [0.5, 0.6) is 0 Å². The predicted molar refractivity (Wildman–Crippen MR) is 91.2 cm³/mol. The van der Waals surface area contributed by atoms with E-state index >= 15 is 0 Å². The molecule has 0 aliphatic carbocycles. The topological polar surface area (TPSA) is 45.7 Å².